The monoisotopic (exact) mass is 429 g/mol. The molecule has 2 unspecified atom stereocenters. The van der Waals surface area contributed by atoms with Gasteiger partial charge in [0.05, 0.1) is 0 Å². The van der Waals surface area contributed by atoms with Crippen molar-refractivity contribution in [3.63, 3.8) is 0 Å². The lowest BCUT2D eigenvalue weighted by Crippen LogP contribution is -2.47. The molecular weight excluding hydrogens is 410 g/mol. The minimum Gasteiger partial charge on any atom is -0.450 e. The van der Waals surface area contributed by atoms with E-state index < -0.39 is 12.0 Å². The van der Waals surface area contributed by atoms with Crippen molar-refractivity contribution in [1.82, 2.24) is 0 Å². The molecular formula is C29H19NO3. The van der Waals surface area contributed by atoms with E-state index in [4.69, 9.17) is 19.2 Å². The largest absolute Gasteiger partial charge is 0.450 e. The van der Waals surface area contributed by atoms with Gasteiger partial charge in [-0.2, -0.15) is 4.99 Å². The first kappa shape index (κ1) is 18.3. The number of hydrogen-bond acceptors (Lipinski definition) is 4. The predicted octanol–water partition coefficient (Wildman–Crippen LogP) is 6.42. The third-order valence-electron chi connectivity index (χ3n) is 6.34. The average molecular weight is 429 g/mol. The van der Waals surface area contributed by atoms with E-state index in [2.05, 4.69) is 24.3 Å². The van der Waals surface area contributed by atoms with Crippen LogP contribution >= 0.6 is 0 Å². The van der Waals surface area contributed by atoms with Gasteiger partial charge in [0.1, 0.15) is 0 Å². The van der Waals surface area contributed by atoms with Crippen molar-refractivity contribution in [3.05, 3.63) is 120 Å². The van der Waals surface area contributed by atoms with E-state index in [1.165, 1.54) is 0 Å². The van der Waals surface area contributed by atoms with Gasteiger partial charge in [0.25, 0.3) is 0 Å². The third-order valence-corrected chi connectivity index (χ3v) is 6.34. The van der Waals surface area contributed by atoms with Crippen molar-refractivity contribution in [1.29, 1.82) is 0 Å². The van der Waals surface area contributed by atoms with Crippen LogP contribution in [0.3, 0.4) is 0 Å². The van der Waals surface area contributed by atoms with Gasteiger partial charge in [-0.3, -0.25) is 0 Å². The minimum atomic E-state index is -1.15. The Morgan fingerprint density at radius 1 is 0.545 bits per heavy atom. The van der Waals surface area contributed by atoms with Gasteiger partial charge in [-0.05, 0) is 22.9 Å². The summed E-state index contributed by atoms with van der Waals surface area (Å²) in [6.07, 6.45) is -0.757. The van der Waals surface area contributed by atoms with E-state index in [1.807, 2.05) is 84.9 Å². The highest BCUT2D eigenvalue weighted by molar-refractivity contribution is 6.14. The number of nitrogens with zero attached hydrogens (tertiary/aromatic N) is 1. The van der Waals surface area contributed by atoms with Gasteiger partial charge >= 0.3 is 12.0 Å². The molecule has 0 fully saturated rings. The van der Waals surface area contributed by atoms with Crippen molar-refractivity contribution < 1.29 is 14.2 Å². The van der Waals surface area contributed by atoms with Gasteiger partial charge in [0.15, 0.2) is 11.5 Å². The molecule has 0 saturated carbocycles. The highest BCUT2D eigenvalue weighted by atomic mass is 16.7. The van der Waals surface area contributed by atoms with Gasteiger partial charge in [0.2, 0.25) is 5.90 Å². The maximum absolute atomic E-state index is 6.87. The zero-order valence-corrected chi connectivity index (χ0v) is 17.6. The summed E-state index contributed by atoms with van der Waals surface area (Å²) >= 11 is 0. The first-order valence-electron chi connectivity index (χ1n) is 11.0. The third kappa shape index (κ3) is 2.61. The van der Waals surface area contributed by atoms with Crippen molar-refractivity contribution in [3.8, 4) is 11.5 Å². The standard InChI is InChI=1S/C29H19NO3/c1-3-11-19(12-4-1)27-30-29(20-13-5-2-6-14-20)28(32-27)31-25-23-17-9-7-15-21(23)22-16-8-10-18-24(22)26(25)33-29/h1-18,28H. The van der Waals surface area contributed by atoms with Crippen LogP contribution in [0.2, 0.25) is 0 Å². The second kappa shape index (κ2) is 6.84. The van der Waals surface area contributed by atoms with Crippen molar-refractivity contribution in [2.75, 3.05) is 0 Å². The Balaban J connectivity index is 1.51. The molecule has 5 aromatic rings. The SMILES string of the molecule is c1ccc(C2=NC3(c4ccccc4)Oc4c(c5ccccc5c5ccccc45)OC3O2)cc1. The smallest absolute Gasteiger partial charge is 0.308 e. The van der Waals surface area contributed by atoms with Crippen LogP contribution in [-0.4, -0.2) is 12.2 Å². The molecule has 0 radical (unpaired) electrons. The van der Waals surface area contributed by atoms with Crippen LogP contribution in [0, 0.1) is 0 Å². The summed E-state index contributed by atoms with van der Waals surface area (Å²) < 4.78 is 19.8. The van der Waals surface area contributed by atoms with E-state index in [1.54, 1.807) is 0 Å². The Bertz CT molecular complexity index is 1550. The average Bonchev–Trinajstić information content (AvgIpc) is 3.29. The Morgan fingerprint density at radius 2 is 1.09 bits per heavy atom. The van der Waals surface area contributed by atoms with Crippen molar-refractivity contribution in [2.45, 2.75) is 12.0 Å². The van der Waals surface area contributed by atoms with E-state index in [0.717, 1.165) is 32.7 Å². The highest BCUT2D eigenvalue weighted by Gasteiger charge is 2.56. The summed E-state index contributed by atoms with van der Waals surface area (Å²) in [4.78, 5) is 5.02. The summed E-state index contributed by atoms with van der Waals surface area (Å²) in [6, 6.07) is 36.3. The van der Waals surface area contributed by atoms with Gasteiger partial charge in [-0.1, -0.05) is 97.1 Å². The molecule has 0 saturated heterocycles. The van der Waals surface area contributed by atoms with Gasteiger partial charge in [-0.15, -0.1) is 0 Å². The Hall–Kier alpha value is -4.31. The number of fused-ring (bicyclic) bond motifs is 7. The van der Waals surface area contributed by atoms with Crippen LogP contribution in [0.5, 0.6) is 11.5 Å². The van der Waals surface area contributed by atoms with E-state index in [-0.39, 0.29) is 0 Å². The fourth-order valence-corrected chi connectivity index (χ4v) is 4.79. The molecule has 4 nitrogen and oxygen atoms in total. The lowest BCUT2D eigenvalue weighted by atomic mass is 9.97. The molecule has 2 aliphatic rings. The summed E-state index contributed by atoms with van der Waals surface area (Å²) in [5, 5.41) is 4.21. The molecule has 2 heterocycles. The highest BCUT2D eigenvalue weighted by Crippen LogP contribution is 2.53. The Morgan fingerprint density at radius 3 is 1.76 bits per heavy atom. The van der Waals surface area contributed by atoms with Crippen molar-refractivity contribution in [2.24, 2.45) is 4.99 Å². The van der Waals surface area contributed by atoms with Gasteiger partial charge in [0, 0.05) is 21.9 Å². The molecule has 0 spiro atoms. The van der Waals surface area contributed by atoms with E-state index in [0.29, 0.717) is 17.4 Å². The molecule has 4 heteroatoms. The zero-order valence-electron chi connectivity index (χ0n) is 17.6. The number of benzene rings is 5. The molecule has 158 valence electrons. The Kier molecular flexibility index (Phi) is 3.79. The molecule has 5 aromatic carbocycles. The molecule has 7 rings (SSSR count). The van der Waals surface area contributed by atoms with Gasteiger partial charge < -0.3 is 14.2 Å². The second-order valence-electron chi connectivity index (χ2n) is 8.26. The normalized spacial score (nSPS) is 20.8. The summed E-state index contributed by atoms with van der Waals surface area (Å²) in [6.45, 7) is 0. The first-order chi connectivity index (χ1) is 16.3. The lowest BCUT2D eigenvalue weighted by molar-refractivity contribution is -0.144. The number of aliphatic imine (C=N–C) groups is 1. The van der Waals surface area contributed by atoms with Gasteiger partial charge in [-0.25, -0.2) is 0 Å². The maximum atomic E-state index is 6.87. The first-order valence-corrected chi connectivity index (χ1v) is 11.0. The van der Waals surface area contributed by atoms with Crippen LogP contribution in [0.4, 0.5) is 0 Å². The van der Waals surface area contributed by atoms with Crippen molar-refractivity contribution >= 4 is 27.4 Å². The summed E-state index contributed by atoms with van der Waals surface area (Å²) in [7, 11) is 0. The lowest BCUT2D eigenvalue weighted by Gasteiger charge is -2.37. The number of ether oxygens (including phenoxy) is 3. The number of rotatable bonds is 2. The van der Waals surface area contributed by atoms with Crippen LogP contribution in [-0.2, 0) is 10.5 Å². The molecule has 0 N–H and O–H groups in total. The zero-order chi connectivity index (χ0) is 21.8. The minimum absolute atomic E-state index is 0.505. The summed E-state index contributed by atoms with van der Waals surface area (Å²) in [5.41, 5.74) is 0.613. The number of hydrogen-bond donors (Lipinski definition) is 0. The van der Waals surface area contributed by atoms with Crippen LogP contribution in [0.25, 0.3) is 21.5 Å². The molecule has 2 atom stereocenters. The maximum Gasteiger partial charge on any atom is 0.308 e. The van der Waals surface area contributed by atoms with Crippen LogP contribution in [0.15, 0.2) is 114 Å². The molecule has 0 amide bonds. The van der Waals surface area contributed by atoms with E-state index >= 15 is 0 Å². The van der Waals surface area contributed by atoms with E-state index in [9.17, 15) is 0 Å². The Labute approximate surface area is 190 Å². The second-order valence-corrected chi connectivity index (χ2v) is 8.26. The molecule has 0 aromatic heterocycles. The molecule has 0 aliphatic carbocycles. The predicted molar refractivity (Wildman–Crippen MR) is 129 cm³/mol. The van der Waals surface area contributed by atoms with Crippen LogP contribution < -0.4 is 9.47 Å². The van der Waals surface area contributed by atoms with Crippen LogP contribution in [0.1, 0.15) is 11.1 Å². The topological polar surface area (TPSA) is 40.0 Å². The fourth-order valence-electron chi connectivity index (χ4n) is 4.79. The molecule has 0 bridgehead atoms. The quantitative estimate of drug-likeness (QED) is 0.304. The molecule has 2 aliphatic heterocycles. The molecule has 33 heavy (non-hydrogen) atoms. The summed E-state index contributed by atoms with van der Waals surface area (Å²) in [5.74, 6) is 1.88. The fraction of sp³-hybridized carbons (Fsp3) is 0.0690.